The summed E-state index contributed by atoms with van der Waals surface area (Å²) in [5, 5.41) is 4.26. The van der Waals surface area contributed by atoms with Crippen molar-refractivity contribution in [2.24, 2.45) is 0 Å². The van der Waals surface area contributed by atoms with Crippen LogP contribution in [0.3, 0.4) is 0 Å². The Morgan fingerprint density at radius 3 is 2.79 bits per heavy atom. The number of furan rings is 1. The lowest BCUT2D eigenvalue weighted by Gasteiger charge is -2.10. The van der Waals surface area contributed by atoms with Crippen LogP contribution in [-0.2, 0) is 22.8 Å². The van der Waals surface area contributed by atoms with E-state index in [-0.39, 0.29) is 9.79 Å². The lowest BCUT2D eigenvalue weighted by atomic mass is 10.1. The molecule has 0 aliphatic carbocycles. The SMILES string of the molecule is COc1cccc(S(=O)(=O)c2ccc3c4c(oc3c2)CNCC4)c1. The van der Waals surface area contributed by atoms with Gasteiger partial charge < -0.3 is 14.5 Å². The van der Waals surface area contributed by atoms with Crippen molar-refractivity contribution in [1.82, 2.24) is 5.32 Å². The molecule has 1 aromatic heterocycles. The fourth-order valence-corrected chi connectivity index (χ4v) is 4.40. The minimum absolute atomic E-state index is 0.208. The van der Waals surface area contributed by atoms with Gasteiger partial charge in [0.1, 0.15) is 17.1 Å². The van der Waals surface area contributed by atoms with Gasteiger partial charge in [-0.3, -0.25) is 0 Å². The zero-order chi connectivity index (χ0) is 16.7. The van der Waals surface area contributed by atoms with E-state index in [1.807, 2.05) is 6.07 Å². The fourth-order valence-electron chi connectivity index (χ4n) is 3.08. The van der Waals surface area contributed by atoms with E-state index in [0.29, 0.717) is 17.9 Å². The van der Waals surface area contributed by atoms with Crippen molar-refractivity contribution in [3.05, 3.63) is 53.8 Å². The molecule has 2 heterocycles. The van der Waals surface area contributed by atoms with Crippen LogP contribution in [0.4, 0.5) is 0 Å². The highest BCUT2D eigenvalue weighted by atomic mass is 32.2. The summed E-state index contributed by atoms with van der Waals surface area (Å²) in [7, 11) is -2.11. The van der Waals surface area contributed by atoms with Gasteiger partial charge in [-0.2, -0.15) is 0 Å². The Bertz CT molecular complexity index is 1020. The van der Waals surface area contributed by atoms with Crippen LogP contribution in [0.15, 0.2) is 56.7 Å². The Morgan fingerprint density at radius 2 is 1.96 bits per heavy atom. The second-order valence-electron chi connectivity index (χ2n) is 5.77. The number of rotatable bonds is 3. The van der Waals surface area contributed by atoms with Crippen LogP contribution in [0.5, 0.6) is 5.75 Å². The molecule has 3 aromatic rings. The second kappa shape index (κ2) is 5.65. The van der Waals surface area contributed by atoms with Crippen LogP contribution in [0, 0.1) is 0 Å². The van der Waals surface area contributed by atoms with Gasteiger partial charge in [0.2, 0.25) is 9.84 Å². The van der Waals surface area contributed by atoms with E-state index >= 15 is 0 Å². The summed E-state index contributed by atoms with van der Waals surface area (Å²) in [5.41, 5.74) is 1.79. The Morgan fingerprint density at radius 1 is 1.12 bits per heavy atom. The third-order valence-corrected chi connectivity index (χ3v) is 6.10. The average molecular weight is 343 g/mol. The number of nitrogens with one attached hydrogen (secondary N) is 1. The molecule has 2 aromatic carbocycles. The molecule has 5 nitrogen and oxygen atoms in total. The topological polar surface area (TPSA) is 68.5 Å². The molecule has 1 aliphatic heterocycles. The molecule has 1 aliphatic rings. The van der Waals surface area contributed by atoms with Crippen molar-refractivity contribution in [2.45, 2.75) is 22.8 Å². The highest BCUT2D eigenvalue weighted by molar-refractivity contribution is 7.91. The average Bonchev–Trinajstić information content (AvgIpc) is 2.99. The zero-order valence-corrected chi connectivity index (χ0v) is 14.0. The molecule has 0 saturated carbocycles. The van der Waals surface area contributed by atoms with Crippen LogP contribution in [0.2, 0.25) is 0 Å². The quantitative estimate of drug-likeness (QED) is 0.792. The van der Waals surface area contributed by atoms with Gasteiger partial charge in [0.05, 0.1) is 23.4 Å². The van der Waals surface area contributed by atoms with Gasteiger partial charge >= 0.3 is 0 Å². The van der Waals surface area contributed by atoms with Crippen molar-refractivity contribution in [3.8, 4) is 5.75 Å². The molecule has 1 N–H and O–H groups in total. The monoisotopic (exact) mass is 343 g/mol. The maximum absolute atomic E-state index is 12.9. The first kappa shape index (κ1) is 15.2. The van der Waals surface area contributed by atoms with Gasteiger partial charge in [0.15, 0.2) is 0 Å². The van der Waals surface area contributed by atoms with Crippen molar-refractivity contribution >= 4 is 20.8 Å². The number of benzene rings is 2. The number of hydrogen-bond acceptors (Lipinski definition) is 5. The third kappa shape index (κ3) is 2.39. The highest BCUT2D eigenvalue weighted by Gasteiger charge is 2.22. The van der Waals surface area contributed by atoms with Crippen LogP contribution in [-0.4, -0.2) is 22.1 Å². The Balaban J connectivity index is 1.83. The predicted molar refractivity (Wildman–Crippen MR) is 90.1 cm³/mol. The van der Waals surface area contributed by atoms with Crippen LogP contribution >= 0.6 is 0 Å². The van der Waals surface area contributed by atoms with E-state index in [1.165, 1.54) is 18.7 Å². The zero-order valence-electron chi connectivity index (χ0n) is 13.2. The number of fused-ring (bicyclic) bond motifs is 3. The van der Waals surface area contributed by atoms with Crippen molar-refractivity contribution in [2.75, 3.05) is 13.7 Å². The summed E-state index contributed by atoms with van der Waals surface area (Å²) in [6.45, 7) is 1.59. The largest absolute Gasteiger partial charge is 0.497 e. The second-order valence-corrected chi connectivity index (χ2v) is 7.72. The normalized spacial score (nSPS) is 14.5. The van der Waals surface area contributed by atoms with Gasteiger partial charge in [0, 0.05) is 17.0 Å². The Kier molecular flexibility index (Phi) is 3.58. The fraction of sp³-hybridized carbons (Fsp3) is 0.222. The van der Waals surface area contributed by atoms with Crippen molar-refractivity contribution in [1.29, 1.82) is 0 Å². The van der Waals surface area contributed by atoms with Gasteiger partial charge in [0.25, 0.3) is 0 Å². The Hall–Kier alpha value is -2.31. The molecular weight excluding hydrogens is 326 g/mol. The van der Waals surface area contributed by atoms with E-state index in [0.717, 1.165) is 24.1 Å². The summed E-state index contributed by atoms with van der Waals surface area (Å²) >= 11 is 0. The molecule has 0 atom stereocenters. The number of hydrogen-bond donors (Lipinski definition) is 1. The number of methoxy groups -OCH3 is 1. The molecule has 0 spiro atoms. The summed E-state index contributed by atoms with van der Waals surface area (Å²) < 4.78 is 36.7. The van der Waals surface area contributed by atoms with Crippen molar-refractivity contribution in [3.63, 3.8) is 0 Å². The Labute approximate surface area is 140 Å². The molecule has 124 valence electrons. The standard InChI is InChI=1S/C18H17NO4S/c1-22-12-3-2-4-13(9-12)24(20,21)14-5-6-15-16-7-8-19-11-18(16)23-17(15)10-14/h2-6,9-10,19H,7-8,11H2,1H3. The summed E-state index contributed by atoms with van der Waals surface area (Å²) in [5.74, 6) is 1.41. The number of sulfone groups is 1. The van der Waals surface area contributed by atoms with E-state index < -0.39 is 9.84 Å². The molecule has 0 saturated heterocycles. The highest BCUT2D eigenvalue weighted by Crippen LogP contribution is 2.32. The summed E-state index contributed by atoms with van der Waals surface area (Å²) in [6.07, 6.45) is 0.893. The maximum atomic E-state index is 12.9. The lowest BCUT2D eigenvalue weighted by molar-refractivity contribution is 0.413. The van der Waals surface area contributed by atoms with Crippen molar-refractivity contribution < 1.29 is 17.6 Å². The molecule has 0 radical (unpaired) electrons. The van der Waals surface area contributed by atoms with Crippen LogP contribution in [0.25, 0.3) is 11.0 Å². The van der Waals surface area contributed by atoms with Gasteiger partial charge in [-0.1, -0.05) is 6.07 Å². The minimum atomic E-state index is -3.62. The van der Waals surface area contributed by atoms with Gasteiger partial charge in [-0.05, 0) is 43.3 Å². The molecule has 0 bridgehead atoms. The maximum Gasteiger partial charge on any atom is 0.206 e. The predicted octanol–water partition coefficient (Wildman–Crippen LogP) is 2.92. The smallest absolute Gasteiger partial charge is 0.206 e. The molecule has 6 heteroatoms. The van der Waals surface area contributed by atoms with Gasteiger partial charge in [-0.25, -0.2) is 8.42 Å². The molecule has 0 amide bonds. The molecule has 0 unspecified atom stereocenters. The van der Waals surface area contributed by atoms with E-state index in [1.54, 1.807) is 30.3 Å². The first-order valence-electron chi connectivity index (χ1n) is 7.74. The number of ether oxygens (including phenoxy) is 1. The molecule has 4 rings (SSSR count). The first-order valence-corrected chi connectivity index (χ1v) is 9.22. The van der Waals surface area contributed by atoms with E-state index in [4.69, 9.17) is 9.15 Å². The lowest BCUT2D eigenvalue weighted by Crippen LogP contribution is -2.22. The molecule has 0 fully saturated rings. The summed E-state index contributed by atoms with van der Waals surface area (Å²) in [4.78, 5) is 0.432. The van der Waals surface area contributed by atoms with E-state index in [9.17, 15) is 8.42 Å². The van der Waals surface area contributed by atoms with E-state index in [2.05, 4.69) is 5.32 Å². The minimum Gasteiger partial charge on any atom is -0.497 e. The molecule has 24 heavy (non-hydrogen) atoms. The molecular formula is C18H17NO4S. The first-order chi connectivity index (χ1) is 11.6. The van der Waals surface area contributed by atoms with Gasteiger partial charge in [-0.15, -0.1) is 0 Å². The summed E-state index contributed by atoms with van der Waals surface area (Å²) in [6, 6.07) is 11.6. The van der Waals surface area contributed by atoms with Crippen LogP contribution in [0.1, 0.15) is 11.3 Å². The third-order valence-electron chi connectivity index (χ3n) is 4.35. The van der Waals surface area contributed by atoms with Crippen LogP contribution < -0.4 is 10.1 Å².